The van der Waals surface area contributed by atoms with E-state index in [4.69, 9.17) is 9.84 Å². The molecule has 0 bridgehead atoms. The Morgan fingerprint density at radius 1 is 1.32 bits per heavy atom. The minimum absolute atomic E-state index is 0.00147. The molecule has 0 spiro atoms. The zero-order valence-corrected chi connectivity index (χ0v) is 11.9. The van der Waals surface area contributed by atoms with Gasteiger partial charge in [0, 0.05) is 13.2 Å². The van der Waals surface area contributed by atoms with Crippen LogP contribution in [0.15, 0.2) is 24.3 Å². The highest BCUT2D eigenvalue weighted by molar-refractivity contribution is 5.77. The summed E-state index contributed by atoms with van der Waals surface area (Å²) >= 11 is 0. The third kappa shape index (κ3) is 5.30. The van der Waals surface area contributed by atoms with Gasteiger partial charge in [-0.1, -0.05) is 39.0 Å². The van der Waals surface area contributed by atoms with Crippen LogP contribution in [0.5, 0.6) is 5.75 Å². The van der Waals surface area contributed by atoms with Crippen LogP contribution in [0.1, 0.15) is 32.8 Å². The van der Waals surface area contributed by atoms with Gasteiger partial charge < -0.3 is 15.2 Å². The average molecular weight is 265 g/mol. The molecule has 0 aliphatic carbocycles. The number of carbonyl (C=O) groups excluding carboxylic acids is 1. The second-order valence-electron chi connectivity index (χ2n) is 5.46. The molecular formula is C15H23NO3. The Labute approximate surface area is 114 Å². The van der Waals surface area contributed by atoms with Gasteiger partial charge in [0.15, 0.2) is 6.61 Å². The van der Waals surface area contributed by atoms with Crippen LogP contribution in [0, 0.1) is 0 Å². The van der Waals surface area contributed by atoms with Gasteiger partial charge in [0.25, 0.3) is 5.91 Å². The number of hydrogen-bond acceptors (Lipinski definition) is 3. The van der Waals surface area contributed by atoms with Crippen molar-refractivity contribution >= 4 is 5.91 Å². The summed E-state index contributed by atoms with van der Waals surface area (Å²) in [5.74, 6) is 0.574. The lowest BCUT2D eigenvalue weighted by atomic mass is 9.86. The minimum atomic E-state index is -0.169. The lowest BCUT2D eigenvalue weighted by Crippen LogP contribution is -2.30. The van der Waals surface area contributed by atoms with E-state index in [1.165, 1.54) is 0 Å². The third-order valence-electron chi connectivity index (χ3n) is 2.71. The number of para-hydroxylation sites is 1. The fourth-order valence-corrected chi connectivity index (χ4v) is 1.71. The summed E-state index contributed by atoms with van der Waals surface area (Å²) in [5.41, 5.74) is 1.06. The largest absolute Gasteiger partial charge is 0.483 e. The fourth-order valence-electron chi connectivity index (χ4n) is 1.71. The molecule has 0 saturated carbocycles. The van der Waals surface area contributed by atoms with Gasteiger partial charge in [-0.2, -0.15) is 0 Å². The van der Waals surface area contributed by atoms with Crippen molar-refractivity contribution in [3.05, 3.63) is 29.8 Å². The van der Waals surface area contributed by atoms with Crippen molar-refractivity contribution in [3.8, 4) is 5.75 Å². The summed E-state index contributed by atoms with van der Waals surface area (Å²) in [6, 6.07) is 7.75. The molecule has 0 saturated heterocycles. The summed E-state index contributed by atoms with van der Waals surface area (Å²) in [6.07, 6.45) is 0.560. The number of rotatable bonds is 6. The van der Waals surface area contributed by atoms with Gasteiger partial charge in [-0.15, -0.1) is 0 Å². The van der Waals surface area contributed by atoms with E-state index in [-0.39, 0.29) is 24.5 Å². The van der Waals surface area contributed by atoms with E-state index in [2.05, 4.69) is 26.1 Å². The summed E-state index contributed by atoms with van der Waals surface area (Å²) in [6.45, 7) is 6.87. The molecule has 0 heterocycles. The predicted octanol–water partition coefficient (Wildman–Crippen LogP) is 1.86. The molecule has 2 N–H and O–H groups in total. The topological polar surface area (TPSA) is 58.6 Å². The summed E-state index contributed by atoms with van der Waals surface area (Å²) < 4.78 is 5.58. The first-order chi connectivity index (χ1) is 8.95. The van der Waals surface area contributed by atoms with Crippen LogP contribution in [-0.4, -0.2) is 30.8 Å². The molecule has 1 rings (SSSR count). The number of amides is 1. The maximum atomic E-state index is 11.5. The molecular weight excluding hydrogens is 242 g/mol. The van der Waals surface area contributed by atoms with Crippen molar-refractivity contribution in [2.24, 2.45) is 0 Å². The molecule has 106 valence electrons. The van der Waals surface area contributed by atoms with Crippen molar-refractivity contribution < 1.29 is 14.6 Å². The number of nitrogens with one attached hydrogen (secondary N) is 1. The highest BCUT2D eigenvalue weighted by atomic mass is 16.5. The van der Waals surface area contributed by atoms with E-state index < -0.39 is 0 Å². The first kappa shape index (κ1) is 15.5. The van der Waals surface area contributed by atoms with E-state index in [0.29, 0.717) is 13.0 Å². The lowest BCUT2D eigenvalue weighted by molar-refractivity contribution is -0.123. The Balaban J connectivity index is 2.56. The first-order valence-corrected chi connectivity index (χ1v) is 6.55. The molecule has 1 aromatic carbocycles. The van der Waals surface area contributed by atoms with Gasteiger partial charge in [-0.3, -0.25) is 4.79 Å². The number of hydrogen-bond donors (Lipinski definition) is 2. The second-order valence-corrected chi connectivity index (χ2v) is 5.46. The standard InChI is InChI=1S/C15H23NO3/c1-15(2,3)12-7-4-5-8-13(12)19-11-14(18)16-9-6-10-17/h4-5,7-8,17H,6,9-11H2,1-3H3,(H,16,18). The van der Waals surface area contributed by atoms with Crippen LogP contribution in [0.2, 0.25) is 0 Å². The van der Waals surface area contributed by atoms with E-state index in [9.17, 15) is 4.79 Å². The molecule has 0 fully saturated rings. The molecule has 0 atom stereocenters. The van der Waals surface area contributed by atoms with Crippen molar-refractivity contribution in [1.29, 1.82) is 0 Å². The summed E-state index contributed by atoms with van der Waals surface area (Å²) in [4.78, 5) is 11.5. The SMILES string of the molecule is CC(C)(C)c1ccccc1OCC(=O)NCCCO. The van der Waals surface area contributed by atoms with Gasteiger partial charge in [0.1, 0.15) is 5.75 Å². The molecule has 0 aliphatic heterocycles. The maximum absolute atomic E-state index is 11.5. The smallest absolute Gasteiger partial charge is 0.257 e. The van der Waals surface area contributed by atoms with Gasteiger partial charge in [-0.05, 0) is 23.5 Å². The quantitative estimate of drug-likeness (QED) is 0.772. The van der Waals surface area contributed by atoms with E-state index in [1.54, 1.807) is 0 Å². The van der Waals surface area contributed by atoms with Crippen molar-refractivity contribution in [1.82, 2.24) is 5.32 Å². The normalized spacial score (nSPS) is 11.2. The molecule has 0 aliphatic rings. The Morgan fingerprint density at radius 3 is 2.63 bits per heavy atom. The molecule has 19 heavy (non-hydrogen) atoms. The van der Waals surface area contributed by atoms with Gasteiger partial charge in [-0.25, -0.2) is 0 Å². The molecule has 0 radical (unpaired) electrons. The monoisotopic (exact) mass is 265 g/mol. The fraction of sp³-hybridized carbons (Fsp3) is 0.533. The van der Waals surface area contributed by atoms with Crippen LogP contribution in [0.4, 0.5) is 0 Å². The van der Waals surface area contributed by atoms with Crippen molar-refractivity contribution in [2.75, 3.05) is 19.8 Å². The predicted molar refractivity (Wildman–Crippen MR) is 75.3 cm³/mol. The first-order valence-electron chi connectivity index (χ1n) is 6.55. The molecule has 4 heteroatoms. The number of benzene rings is 1. The Bertz CT molecular complexity index is 410. The average Bonchev–Trinajstić information content (AvgIpc) is 2.36. The van der Waals surface area contributed by atoms with Crippen LogP contribution < -0.4 is 10.1 Å². The van der Waals surface area contributed by atoms with E-state index in [0.717, 1.165) is 11.3 Å². The molecule has 0 aromatic heterocycles. The van der Waals surface area contributed by atoms with Gasteiger partial charge in [0.05, 0.1) is 0 Å². The number of carbonyl (C=O) groups is 1. The van der Waals surface area contributed by atoms with Crippen LogP contribution in [-0.2, 0) is 10.2 Å². The third-order valence-corrected chi connectivity index (χ3v) is 2.71. The summed E-state index contributed by atoms with van der Waals surface area (Å²) in [7, 11) is 0. The molecule has 1 amide bonds. The zero-order chi connectivity index (χ0) is 14.3. The number of aliphatic hydroxyl groups is 1. The highest BCUT2D eigenvalue weighted by Gasteiger charge is 2.18. The minimum Gasteiger partial charge on any atom is -0.483 e. The molecule has 1 aromatic rings. The Kier molecular flexibility index (Phi) is 5.83. The highest BCUT2D eigenvalue weighted by Crippen LogP contribution is 2.30. The lowest BCUT2D eigenvalue weighted by Gasteiger charge is -2.22. The van der Waals surface area contributed by atoms with Crippen LogP contribution in [0.25, 0.3) is 0 Å². The molecule has 0 unspecified atom stereocenters. The number of aliphatic hydroxyl groups excluding tert-OH is 1. The van der Waals surface area contributed by atoms with E-state index >= 15 is 0 Å². The molecule has 4 nitrogen and oxygen atoms in total. The van der Waals surface area contributed by atoms with Crippen molar-refractivity contribution in [3.63, 3.8) is 0 Å². The van der Waals surface area contributed by atoms with Gasteiger partial charge in [0.2, 0.25) is 0 Å². The van der Waals surface area contributed by atoms with Crippen LogP contribution in [0.3, 0.4) is 0 Å². The Hall–Kier alpha value is -1.55. The summed E-state index contributed by atoms with van der Waals surface area (Å²) in [5, 5.41) is 11.3. The van der Waals surface area contributed by atoms with E-state index in [1.807, 2.05) is 24.3 Å². The Morgan fingerprint density at radius 2 is 2.00 bits per heavy atom. The maximum Gasteiger partial charge on any atom is 0.257 e. The van der Waals surface area contributed by atoms with Crippen LogP contribution >= 0.6 is 0 Å². The number of ether oxygens (including phenoxy) is 1. The zero-order valence-electron chi connectivity index (χ0n) is 11.9. The van der Waals surface area contributed by atoms with Crippen molar-refractivity contribution in [2.45, 2.75) is 32.6 Å². The van der Waals surface area contributed by atoms with Gasteiger partial charge >= 0.3 is 0 Å². The second kappa shape index (κ2) is 7.14.